The number of hydrogen-bond acceptors (Lipinski definition) is 3. The Labute approximate surface area is 197 Å². The van der Waals surface area contributed by atoms with Gasteiger partial charge in [-0.3, -0.25) is 9.59 Å². The topological polar surface area (TPSA) is 61.4 Å². The third kappa shape index (κ3) is 4.66. The lowest BCUT2D eigenvalue weighted by Crippen LogP contribution is -2.55. The second kappa shape index (κ2) is 9.50. The van der Waals surface area contributed by atoms with Gasteiger partial charge in [-0.1, -0.05) is 42.5 Å². The van der Waals surface area contributed by atoms with Crippen LogP contribution in [0.5, 0.6) is 0 Å². The molecule has 1 heterocycles. The van der Waals surface area contributed by atoms with E-state index in [1.54, 1.807) is 0 Å². The molecule has 1 saturated heterocycles. The van der Waals surface area contributed by atoms with Crippen LogP contribution in [0.4, 0.5) is 8.78 Å². The normalized spacial score (nSPS) is 20.2. The first-order valence-electron chi connectivity index (χ1n) is 11.7. The van der Waals surface area contributed by atoms with Gasteiger partial charge in [0.25, 0.3) is 5.91 Å². The van der Waals surface area contributed by atoms with E-state index in [4.69, 9.17) is 0 Å². The third-order valence-corrected chi connectivity index (χ3v) is 6.78. The number of carbonyl (C=O) groups excluding carboxylic acids is 2. The van der Waals surface area contributed by atoms with E-state index in [2.05, 4.69) is 34.9 Å². The monoisotopic (exact) mass is 463 g/mol. The molecule has 5 rings (SSSR count). The van der Waals surface area contributed by atoms with Crippen LogP contribution < -0.4 is 10.6 Å². The molecule has 2 fully saturated rings. The highest BCUT2D eigenvalue weighted by Gasteiger charge is 2.40. The van der Waals surface area contributed by atoms with Gasteiger partial charge in [0.15, 0.2) is 0 Å². The van der Waals surface area contributed by atoms with Crippen LogP contribution >= 0.6 is 0 Å². The molecule has 0 aromatic heterocycles. The van der Waals surface area contributed by atoms with Gasteiger partial charge in [0, 0.05) is 31.2 Å². The van der Waals surface area contributed by atoms with Crippen molar-refractivity contribution in [3.8, 4) is 0 Å². The molecule has 3 aromatic rings. The van der Waals surface area contributed by atoms with E-state index >= 15 is 0 Å². The fourth-order valence-electron chi connectivity index (χ4n) is 4.81. The zero-order valence-electron chi connectivity index (χ0n) is 18.8. The lowest BCUT2D eigenvalue weighted by Gasteiger charge is -2.36. The third-order valence-electron chi connectivity index (χ3n) is 6.78. The smallest absolute Gasteiger partial charge is 0.254 e. The summed E-state index contributed by atoms with van der Waals surface area (Å²) in [5.74, 6) is -2.75. The fraction of sp³-hybridized carbons (Fsp3) is 0.333. The summed E-state index contributed by atoms with van der Waals surface area (Å²) in [4.78, 5) is 28.5. The molecule has 0 radical (unpaired) electrons. The molecule has 0 bridgehead atoms. The van der Waals surface area contributed by atoms with Crippen LogP contribution in [0.1, 0.15) is 35.2 Å². The molecule has 1 saturated carbocycles. The highest BCUT2D eigenvalue weighted by molar-refractivity contribution is 5.95. The lowest BCUT2D eigenvalue weighted by molar-refractivity contribution is -0.138. The van der Waals surface area contributed by atoms with Gasteiger partial charge >= 0.3 is 0 Å². The number of nitrogens with one attached hydrogen (secondary N) is 2. The van der Waals surface area contributed by atoms with Crippen molar-refractivity contribution in [3.05, 3.63) is 83.4 Å². The van der Waals surface area contributed by atoms with Gasteiger partial charge in [0.1, 0.15) is 11.6 Å². The molecule has 1 aliphatic carbocycles. The number of piperidine rings is 1. The van der Waals surface area contributed by atoms with Gasteiger partial charge in [0.05, 0.1) is 11.5 Å². The summed E-state index contributed by atoms with van der Waals surface area (Å²) in [6.45, 7) is 1.59. The predicted molar refractivity (Wildman–Crippen MR) is 126 cm³/mol. The van der Waals surface area contributed by atoms with Crippen molar-refractivity contribution in [1.29, 1.82) is 0 Å². The molecular weight excluding hydrogens is 436 g/mol. The van der Waals surface area contributed by atoms with Crippen LogP contribution in [0, 0.1) is 17.6 Å². The minimum Gasteiger partial charge on any atom is -0.348 e. The first kappa shape index (κ1) is 22.5. The van der Waals surface area contributed by atoms with Crippen molar-refractivity contribution in [2.45, 2.75) is 37.9 Å². The van der Waals surface area contributed by atoms with Gasteiger partial charge in [-0.05, 0) is 54.3 Å². The van der Waals surface area contributed by atoms with Crippen molar-refractivity contribution in [2.24, 2.45) is 5.92 Å². The first-order chi connectivity index (χ1) is 16.5. The molecule has 176 valence electrons. The van der Waals surface area contributed by atoms with Crippen molar-refractivity contribution in [1.82, 2.24) is 15.5 Å². The molecule has 7 heteroatoms. The van der Waals surface area contributed by atoms with Gasteiger partial charge in [-0.15, -0.1) is 0 Å². The largest absolute Gasteiger partial charge is 0.348 e. The Morgan fingerprint density at radius 1 is 1.00 bits per heavy atom. The van der Waals surface area contributed by atoms with Crippen molar-refractivity contribution in [2.75, 3.05) is 13.1 Å². The van der Waals surface area contributed by atoms with Crippen LogP contribution in [0.15, 0.2) is 60.7 Å². The Morgan fingerprint density at radius 3 is 2.59 bits per heavy atom. The Bertz CT molecular complexity index is 1220. The highest BCUT2D eigenvalue weighted by Crippen LogP contribution is 2.32. The molecule has 2 N–H and O–H groups in total. The Hall–Kier alpha value is -3.32. The van der Waals surface area contributed by atoms with Crippen LogP contribution in [0.3, 0.4) is 0 Å². The quantitative estimate of drug-likeness (QED) is 0.581. The molecule has 2 amide bonds. The van der Waals surface area contributed by atoms with Crippen LogP contribution in [0.2, 0.25) is 0 Å². The summed E-state index contributed by atoms with van der Waals surface area (Å²) < 4.78 is 27.4. The Balaban J connectivity index is 1.36. The maximum Gasteiger partial charge on any atom is 0.254 e. The van der Waals surface area contributed by atoms with Crippen LogP contribution in [0.25, 0.3) is 10.8 Å². The zero-order valence-corrected chi connectivity index (χ0v) is 18.8. The molecule has 34 heavy (non-hydrogen) atoms. The summed E-state index contributed by atoms with van der Waals surface area (Å²) in [5, 5.41) is 8.37. The summed E-state index contributed by atoms with van der Waals surface area (Å²) in [7, 11) is 0. The molecule has 2 atom stereocenters. The van der Waals surface area contributed by atoms with E-state index < -0.39 is 29.5 Å². The minimum atomic E-state index is -0.912. The number of rotatable bonds is 6. The van der Waals surface area contributed by atoms with Crippen LogP contribution in [-0.4, -0.2) is 41.9 Å². The summed E-state index contributed by atoms with van der Waals surface area (Å²) >= 11 is 0. The Kier molecular flexibility index (Phi) is 6.28. The number of carbonyl (C=O) groups is 2. The van der Waals surface area contributed by atoms with E-state index in [0.29, 0.717) is 32.1 Å². The number of benzene rings is 3. The lowest BCUT2D eigenvalue weighted by atomic mass is 9.91. The van der Waals surface area contributed by atoms with Crippen molar-refractivity contribution in [3.63, 3.8) is 0 Å². The van der Waals surface area contributed by atoms with E-state index in [9.17, 15) is 18.4 Å². The number of halogens is 2. The van der Waals surface area contributed by atoms with Crippen LogP contribution in [-0.2, 0) is 11.3 Å². The highest BCUT2D eigenvalue weighted by atomic mass is 19.1. The molecule has 2 unspecified atom stereocenters. The molecule has 5 nitrogen and oxygen atoms in total. The maximum atomic E-state index is 14.1. The van der Waals surface area contributed by atoms with Gasteiger partial charge in [-0.2, -0.15) is 0 Å². The zero-order chi connectivity index (χ0) is 23.7. The molecular formula is C27H27F2N3O2. The minimum absolute atomic E-state index is 0.00693. The predicted octanol–water partition coefficient (Wildman–Crippen LogP) is 4.02. The number of nitrogens with zero attached hydrogens (tertiary/aromatic N) is 1. The molecule has 2 aliphatic rings. The molecule has 0 spiro atoms. The number of fused-ring (bicyclic) bond motifs is 1. The first-order valence-corrected chi connectivity index (χ1v) is 11.7. The number of amides is 2. The second-order valence-electron chi connectivity index (χ2n) is 9.14. The van der Waals surface area contributed by atoms with Gasteiger partial charge in [-0.25, -0.2) is 8.78 Å². The number of hydrogen-bond donors (Lipinski definition) is 2. The maximum absolute atomic E-state index is 14.1. The summed E-state index contributed by atoms with van der Waals surface area (Å²) in [5.41, 5.74) is 0.872. The summed E-state index contributed by atoms with van der Waals surface area (Å²) in [6.07, 6.45) is 2.49. The molecule has 1 aliphatic heterocycles. The SMILES string of the molecule is O=C(NC1CCNCC1C(=O)N(Cc1cccc2ccccc12)C1CC1)c1ccc(F)cc1F. The van der Waals surface area contributed by atoms with E-state index in [0.717, 1.165) is 41.3 Å². The van der Waals surface area contributed by atoms with Gasteiger partial charge < -0.3 is 15.5 Å². The van der Waals surface area contributed by atoms with E-state index in [1.165, 1.54) is 0 Å². The molecule has 3 aromatic carbocycles. The van der Waals surface area contributed by atoms with E-state index in [1.807, 2.05) is 23.1 Å². The second-order valence-corrected chi connectivity index (χ2v) is 9.14. The average molecular weight is 464 g/mol. The Morgan fingerprint density at radius 2 is 1.79 bits per heavy atom. The fourth-order valence-corrected chi connectivity index (χ4v) is 4.81. The average Bonchev–Trinajstić information content (AvgIpc) is 3.68. The summed E-state index contributed by atoms with van der Waals surface area (Å²) in [6, 6.07) is 16.9. The standard InChI is InChI=1S/C27H27F2N3O2/c28-19-8-11-22(24(29)14-19)26(33)31-25-12-13-30-15-23(25)27(34)32(20-9-10-20)16-18-6-3-5-17-4-1-2-7-21(17)18/h1-8,11,14,20,23,25,30H,9-10,12-13,15-16H2,(H,31,33). The van der Waals surface area contributed by atoms with Gasteiger partial charge in [0.2, 0.25) is 5.91 Å². The van der Waals surface area contributed by atoms with Crippen molar-refractivity contribution >= 4 is 22.6 Å². The van der Waals surface area contributed by atoms with Crippen molar-refractivity contribution < 1.29 is 18.4 Å². The van der Waals surface area contributed by atoms with E-state index in [-0.39, 0.29) is 17.5 Å².